The van der Waals surface area contributed by atoms with E-state index in [0.29, 0.717) is 18.1 Å². The van der Waals surface area contributed by atoms with Crippen LogP contribution >= 0.6 is 0 Å². The van der Waals surface area contributed by atoms with Crippen molar-refractivity contribution >= 4 is 13.5 Å². The summed E-state index contributed by atoms with van der Waals surface area (Å²) in [6.07, 6.45) is -7.27. The molecule has 0 unspecified atom stereocenters. The Morgan fingerprint density at radius 1 is 0.840 bits per heavy atom. The predicted molar refractivity (Wildman–Crippen MR) is 101 cm³/mol. The number of hydrogen-bond donors (Lipinski definition) is 5. The van der Waals surface area contributed by atoms with Crippen LogP contribution in [0.2, 0.25) is 18.1 Å². The van der Waals surface area contributed by atoms with Gasteiger partial charge in [0.1, 0.15) is 37.9 Å². The molecule has 0 rings (SSSR count). The minimum Gasteiger partial charge on any atom is -0.394 e. The molecule has 0 amide bonds. The van der Waals surface area contributed by atoms with Crippen LogP contribution in [0.25, 0.3) is 0 Å². The van der Waals surface area contributed by atoms with Gasteiger partial charge in [-0.2, -0.15) is 0 Å². The van der Waals surface area contributed by atoms with E-state index in [0.717, 1.165) is 16.7 Å². The van der Waals surface area contributed by atoms with Crippen LogP contribution in [0.4, 0.5) is 0 Å². The van der Waals surface area contributed by atoms with E-state index in [1.165, 1.54) is 0 Å². The lowest BCUT2D eigenvalue weighted by molar-refractivity contribution is -0.141. The fourth-order valence-electron chi connectivity index (χ4n) is 3.17. The van der Waals surface area contributed by atoms with E-state index in [9.17, 15) is 25.2 Å². The zero-order valence-corrected chi connectivity index (χ0v) is 16.4. The van der Waals surface area contributed by atoms with Crippen LogP contribution in [0.15, 0.2) is 36.5 Å². The van der Waals surface area contributed by atoms with Gasteiger partial charge in [0, 0.05) is 0 Å². The molecule has 0 aromatic heterocycles. The van der Waals surface area contributed by atoms with Gasteiger partial charge in [-0.05, 0) is 38.9 Å². The van der Waals surface area contributed by atoms with Crippen LogP contribution in [0.1, 0.15) is 20.8 Å². The Labute approximate surface area is 150 Å². The molecule has 7 heteroatoms. The summed E-state index contributed by atoms with van der Waals surface area (Å²) in [7, 11) is -2.91. The maximum absolute atomic E-state index is 13.1. The largest absolute Gasteiger partial charge is 0.394 e. The van der Waals surface area contributed by atoms with Crippen molar-refractivity contribution in [1.82, 2.24) is 0 Å². The second-order valence-electron chi connectivity index (χ2n) is 7.22. The van der Waals surface area contributed by atoms with Crippen LogP contribution in [0.3, 0.4) is 0 Å². The van der Waals surface area contributed by atoms with E-state index in [1.54, 1.807) is 20.8 Å². The van der Waals surface area contributed by atoms with Gasteiger partial charge < -0.3 is 30.3 Å². The summed E-state index contributed by atoms with van der Waals surface area (Å²) in [6.45, 7) is 16.2. The summed E-state index contributed by atoms with van der Waals surface area (Å²) >= 11 is 0. The van der Waals surface area contributed by atoms with E-state index in [4.69, 9.17) is 5.11 Å². The van der Waals surface area contributed by atoms with Gasteiger partial charge in [-0.3, -0.25) is 0 Å². The first-order chi connectivity index (χ1) is 11.4. The molecule has 0 radical (unpaired) electrons. The molecule has 0 aromatic rings. The van der Waals surface area contributed by atoms with Crippen LogP contribution in [0.5, 0.6) is 0 Å². The van der Waals surface area contributed by atoms with Crippen LogP contribution in [0, 0.1) is 0 Å². The highest BCUT2D eigenvalue weighted by Gasteiger charge is 2.47. The summed E-state index contributed by atoms with van der Waals surface area (Å²) in [5, 5.41) is 48.1. The quantitative estimate of drug-likeness (QED) is 0.254. The number of rotatable bonds is 12. The zero-order valence-electron chi connectivity index (χ0n) is 15.4. The SMILES string of the molecule is C=C(C)C[Si](CC(=C)C)(CC(=C)C)C(=O)[C@H](O)[C@@H](O)[C@@H](O)[C@H](O)CO. The van der Waals surface area contributed by atoms with Crippen molar-refractivity contribution in [1.29, 1.82) is 0 Å². The third kappa shape index (κ3) is 6.97. The van der Waals surface area contributed by atoms with E-state index in [-0.39, 0.29) is 0 Å². The molecule has 5 N–H and O–H groups in total. The summed E-state index contributed by atoms with van der Waals surface area (Å²) in [5.41, 5.74) is 2.33. The van der Waals surface area contributed by atoms with Gasteiger partial charge in [0.15, 0.2) is 0 Å². The Hall–Kier alpha value is -1.09. The molecule has 0 aliphatic carbocycles. The number of aliphatic hydroxyl groups excluding tert-OH is 5. The van der Waals surface area contributed by atoms with Crippen molar-refractivity contribution in [3.8, 4) is 0 Å². The van der Waals surface area contributed by atoms with Crippen molar-refractivity contribution in [3.05, 3.63) is 36.5 Å². The van der Waals surface area contributed by atoms with Crippen LogP contribution < -0.4 is 0 Å². The molecule has 25 heavy (non-hydrogen) atoms. The molecule has 144 valence electrons. The summed E-state index contributed by atoms with van der Waals surface area (Å²) in [5.74, 6) is 0. The fraction of sp³-hybridized carbons (Fsp3) is 0.611. The van der Waals surface area contributed by atoms with Gasteiger partial charge >= 0.3 is 0 Å². The molecule has 0 aromatic carbocycles. The lowest BCUT2D eigenvalue weighted by Gasteiger charge is -2.35. The maximum atomic E-state index is 13.1. The first-order valence-electron chi connectivity index (χ1n) is 8.18. The number of carbonyl (C=O) groups is 1. The molecule has 0 fully saturated rings. The van der Waals surface area contributed by atoms with Crippen LogP contribution in [-0.4, -0.2) is 70.0 Å². The molecule has 0 saturated carbocycles. The molecule has 0 spiro atoms. The lowest BCUT2D eigenvalue weighted by Crippen LogP contribution is -2.57. The molecule has 4 atom stereocenters. The predicted octanol–water partition coefficient (Wildman–Crippen LogP) is 0.708. The third-order valence-corrected chi connectivity index (χ3v) is 9.15. The highest BCUT2D eigenvalue weighted by Crippen LogP contribution is 2.33. The van der Waals surface area contributed by atoms with Gasteiger partial charge in [0.05, 0.1) is 6.61 Å². The highest BCUT2D eigenvalue weighted by molar-refractivity contribution is 7.07. The first-order valence-corrected chi connectivity index (χ1v) is 10.8. The Morgan fingerprint density at radius 3 is 1.48 bits per heavy atom. The standard InChI is InChI=1S/C18H32O6Si/c1-11(2)8-25(9-12(3)4,10-13(5)6)18(24)17(23)16(22)15(21)14(20)7-19/h14-17,19-23H,1,3,5,7-10H2,2,4,6H3/t14-,15+,16+,17-/m1/s1. The molecular formula is C18H32O6Si. The van der Waals surface area contributed by atoms with Crippen molar-refractivity contribution in [3.63, 3.8) is 0 Å². The van der Waals surface area contributed by atoms with Gasteiger partial charge in [-0.15, -0.1) is 19.7 Å². The molecule has 0 aliphatic heterocycles. The number of hydrogen-bond acceptors (Lipinski definition) is 6. The Balaban J connectivity index is 5.81. The highest BCUT2D eigenvalue weighted by atomic mass is 28.3. The molecule has 0 saturated heterocycles. The van der Waals surface area contributed by atoms with Crippen molar-refractivity contribution < 1.29 is 30.3 Å². The van der Waals surface area contributed by atoms with Gasteiger partial charge in [-0.25, -0.2) is 0 Å². The minimum atomic E-state index is -2.91. The second-order valence-corrected chi connectivity index (χ2v) is 11.3. The Kier molecular flexibility index (Phi) is 9.71. The van der Waals surface area contributed by atoms with Crippen molar-refractivity contribution in [2.45, 2.75) is 63.3 Å². The van der Waals surface area contributed by atoms with E-state index < -0.39 is 44.5 Å². The fourth-order valence-corrected chi connectivity index (χ4v) is 8.33. The Morgan fingerprint density at radius 2 is 1.20 bits per heavy atom. The van der Waals surface area contributed by atoms with Gasteiger partial charge in [0.2, 0.25) is 0 Å². The smallest absolute Gasteiger partial charge is 0.148 e. The third-order valence-electron chi connectivity index (χ3n) is 3.97. The van der Waals surface area contributed by atoms with Crippen molar-refractivity contribution in [2.75, 3.05) is 6.61 Å². The normalized spacial score (nSPS) is 16.6. The summed E-state index contributed by atoms with van der Waals surface area (Å²) in [6, 6.07) is 1.19. The number of carbonyl (C=O) groups excluding carboxylic acids is 1. The number of aliphatic hydroxyl groups is 5. The molecule has 6 nitrogen and oxygen atoms in total. The van der Waals surface area contributed by atoms with E-state index in [1.807, 2.05) is 0 Å². The lowest BCUT2D eigenvalue weighted by atomic mass is 10.0. The maximum Gasteiger partial charge on any atom is 0.148 e. The monoisotopic (exact) mass is 372 g/mol. The van der Waals surface area contributed by atoms with Crippen LogP contribution in [-0.2, 0) is 4.79 Å². The zero-order chi connectivity index (χ0) is 19.9. The molecule has 0 bridgehead atoms. The number of allylic oxidation sites excluding steroid dienone is 3. The summed E-state index contributed by atoms with van der Waals surface area (Å²) < 4.78 is 0. The molecule has 0 heterocycles. The molecular weight excluding hydrogens is 340 g/mol. The minimum absolute atomic E-state index is 0.397. The van der Waals surface area contributed by atoms with E-state index in [2.05, 4.69) is 19.7 Å². The van der Waals surface area contributed by atoms with Gasteiger partial charge in [0.25, 0.3) is 0 Å². The first kappa shape index (κ1) is 23.9. The summed E-state index contributed by atoms with van der Waals surface area (Å²) in [4.78, 5) is 13.1. The average Bonchev–Trinajstić information content (AvgIpc) is 2.48. The Bertz CT molecular complexity index is 475. The van der Waals surface area contributed by atoms with E-state index >= 15 is 0 Å². The van der Waals surface area contributed by atoms with Crippen molar-refractivity contribution in [2.24, 2.45) is 0 Å². The van der Waals surface area contributed by atoms with Gasteiger partial charge in [-0.1, -0.05) is 16.7 Å². The topological polar surface area (TPSA) is 118 Å². The molecule has 0 aliphatic rings. The average molecular weight is 373 g/mol. The second kappa shape index (κ2) is 10.2.